The number of carbonyl (C=O) groups excluding carboxylic acids is 3. The van der Waals surface area contributed by atoms with E-state index in [1.807, 2.05) is 46.8 Å². The summed E-state index contributed by atoms with van der Waals surface area (Å²) in [5.74, 6) is -3.44. The molecule has 3 amide bonds. The van der Waals surface area contributed by atoms with Crippen LogP contribution in [0.3, 0.4) is 0 Å². The fourth-order valence-electron chi connectivity index (χ4n) is 4.99. The van der Waals surface area contributed by atoms with Crippen LogP contribution in [0, 0.1) is 25.5 Å². The highest BCUT2D eigenvalue weighted by Crippen LogP contribution is 2.29. The van der Waals surface area contributed by atoms with Crippen LogP contribution in [0.4, 0.5) is 25.0 Å². The number of hydrogen-bond donors (Lipinski definition) is 3. The van der Waals surface area contributed by atoms with E-state index >= 15 is 0 Å². The SMILES string of the molecule is CCCc1cc(C)c(NC(=O)Nc2cc(-c3ccc(F)c(F)c3)ccc2C(=O)N[C@H](C(=O)OC)C(C)OC(C)(C)C)c(C)c1. The molecule has 0 aliphatic heterocycles. The second-order valence-corrected chi connectivity index (χ2v) is 11.7. The number of anilines is 2. The van der Waals surface area contributed by atoms with Crippen molar-refractivity contribution in [3.05, 3.63) is 82.4 Å². The normalized spacial score (nSPS) is 12.7. The summed E-state index contributed by atoms with van der Waals surface area (Å²) in [5, 5.41) is 8.26. The summed E-state index contributed by atoms with van der Waals surface area (Å²) < 4.78 is 38.5. The number of halogens is 2. The molecule has 236 valence electrons. The average molecular weight is 610 g/mol. The van der Waals surface area contributed by atoms with Crippen LogP contribution >= 0.6 is 0 Å². The quantitative estimate of drug-likeness (QED) is 0.209. The first-order valence-electron chi connectivity index (χ1n) is 14.5. The lowest BCUT2D eigenvalue weighted by Crippen LogP contribution is -2.51. The Hall–Kier alpha value is -4.31. The molecule has 0 saturated carbocycles. The Kier molecular flexibility index (Phi) is 11.2. The lowest BCUT2D eigenvalue weighted by molar-refractivity contribution is -0.150. The molecule has 8 nitrogen and oxygen atoms in total. The van der Waals surface area contributed by atoms with Crippen LogP contribution in [0.2, 0.25) is 0 Å². The fraction of sp³-hybridized carbons (Fsp3) is 0.382. The van der Waals surface area contributed by atoms with Crippen LogP contribution in [0.15, 0.2) is 48.5 Å². The zero-order valence-corrected chi connectivity index (χ0v) is 26.5. The molecular formula is C34H41F2N3O5. The number of urea groups is 1. The Morgan fingerprint density at radius 2 is 1.50 bits per heavy atom. The first-order chi connectivity index (χ1) is 20.6. The number of carbonyl (C=O) groups is 3. The van der Waals surface area contributed by atoms with Gasteiger partial charge in [0, 0.05) is 5.69 Å². The molecule has 3 rings (SSSR count). The number of hydrogen-bond acceptors (Lipinski definition) is 5. The molecule has 0 bridgehead atoms. The minimum Gasteiger partial charge on any atom is -0.467 e. The Morgan fingerprint density at radius 1 is 0.886 bits per heavy atom. The topological polar surface area (TPSA) is 106 Å². The number of nitrogens with one attached hydrogen (secondary N) is 3. The monoisotopic (exact) mass is 609 g/mol. The summed E-state index contributed by atoms with van der Waals surface area (Å²) >= 11 is 0. The van der Waals surface area contributed by atoms with E-state index in [9.17, 15) is 23.2 Å². The van der Waals surface area contributed by atoms with Crippen molar-refractivity contribution in [1.82, 2.24) is 5.32 Å². The molecular weight excluding hydrogens is 568 g/mol. The van der Waals surface area contributed by atoms with Crippen molar-refractivity contribution in [2.75, 3.05) is 17.7 Å². The Morgan fingerprint density at radius 3 is 2.07 bits per heavy atom. The van der Waals surface area contributed by atoms with Crippen molar-refractivity contribution in [3.63, 3.8) is 0 Å². The molecule has 3 N–H and O–H groups in total. The lowest BCUT2D eigenvalue weighted by atomic mass is 10.0. The summed E-state index contributed by atoms with van der Waals surface area (Å²) in [6.07, 6.45) is 1.15. The van der Waals surface area contributed by atoms with Gasteiger partial charge in [0.1, 0.15) is 0 Å². The molecule has 0 aliphatic rings. The van der Waals surface area contributed by atoms with E-state index in [1.165, 1.54) is 31.4 Å². The maximum atomic E-state index is 14.0. The van der Waals surface area contributed by atoms with Gasteiger partial charge in [-0.25, -0.2) is 18.4 Å². The molecule has 0 fully saturated rings. The van der Waals surface area contributed by atoms with Gasteiger partial charge in [-0.3, -0.25) is 4.79 Å². The highest BCUT2D eigenvalue weighted by Gasteiger charge is 2.32. The van der Waals surface area contributed by atoms with Gasteiger partial charge in [-0.15, -0.1) is 0 Å². The highest BCUT2D eigenvalue weighted by atomic mass is 19.2. The van der Waals surface area contributed by atoms with Crippen molar-refractivity contribution >= 4 is 29.3 Å². The molecule has 0 aliphatic carbocycles. The first-order valence-corrected chi connectivity index (χ1v) is 14.5. The maximum Gasteiger partial charge on any atom is 0.331 e. The Labute approximate surface area is 257 Å². The van der Waals surface area contributed by atoms with Crippen molar-refractivity contribution < 1.29 is 32.6 Å². The fourth-order valence-corrected chi connectivity index (χ4v) is 4.99. The van der Waals surface area contributed by atoms with Crippen LogP contribution < -0.4 is 16.0 Å². The molecule has 1 unspecified atom stereocenters. The zero-order chi connectivity index (χ0) is 32.8. The van der Waals surface area contributed by atoms with E-state index in [2.05, 4.69) is 22.9 Å². The standard InChI is InChI=1S/C34H41F2N3O5/c1-9-10-22-15-19(2)29(20(3)16-22)39-33(42)37-28-18-24(23-12-14-26(35)27(36)17-23)11-13-25(28)31(40)38-30(32(41)43-8)21(4)44-34(5,6)7/h11-18,21,30H,9-10H2,1-8H3,(H,38,40)(H2,37,39,42)/t21?,30-/m0/s1. The Bertz CT molecular complexity index is 1510. The lowest BCUT2D eigenvalue weighted by Gasteiger charge is -2.30. The minimum atomic E-state index is -1.16. The van der Waals surface area contributed by atoms with Gasteiger partial charge < -0.3 is 25.4 Å². The van der Waals surface area contributed by atoms with E-state index in [0.717, 1.165) is 41.7 Å². The van der Waals surface area contributed by atoms with Crippen LogP contribution in [-0.4, -0.2) is 42.8 Å². The number of rotatable bonds is 10. The van der Waals surface area contributed by atoms with E-state index in [0.29, 0.717) is 16.8 Å². The summed E-state index contributed by atoms with van der Waals surface area (Å²) in [7, 11) is 1.21. The van der Waals surface area contributed by atoms with Crippen LogP contribution in [0.5, 0.6) is 0 Å². The van der Waals surface area contributed by atoms with Crippen molar-refractivity contribution in [2.24, 2.45) is 0 Å². The van der Waals surface area contributed by atoms with E-state index < -0.39 is 47.3 Å². The van der Waals surface area contributed by atoms with Crippen LogP contribution in [-0.2, 0) is 20.7 Å². The molecule has 0 heterocycles. The number of methoxy groups -OCH3 is 1. The molecule has 0 saturated heterocycles. The first kappa shape index (κ1) is 34.2. The largest absolute Gasteiger partial charge is 0.467 e. The van der Waals surface area contributed by atoms with Gasteiger partial charge >= 0.3 is 12.0 Å². The maximum absolute atomic E-state index is 14.0. The van der Waals surface area contributed by atoms with Gasteiger partial charge in [0.15, 0.2) is 17.7 Å². The second kappa shape index (κ2) is 14.4. The molecule has 0 aromatic heterocycles. The van der Waals surface area contributed by atoms with Gasteiger partial charge in [0.2, 0.25) is 0 Å². The molecule has 0 radical (unpaired) electrons. The van der Waals surface area contributed by atoms with E-state index in [4.69, 9.17) is 9.47 Å². The van der Waals surface area contributed by atoms with E-state index in [1.54, 1.807) is 6.92 Å². The zero-order valence-electron chi connectivity index (χ0n) is 26.5. The van der Waals surface area contributed by atoms with Gasteiger partial charge in [-0.1, -0.05) is 37.6 Å². The smallest absolute Gasteiger partial charge is 0.331 e. The molecule has 10 heteroatoms. The third-order valence-corrected chi connectivity index (χ3v) is 6.89. The van der Waals surface area contributed by atoms with Gasteiger partial charge in [-0.05, 0) is 100 Å². The van der Waals surface area contributed by atoms with E-state index in [-0.39, 0.29) is 11.3 Å². The molecule has 0 spiro atoms. The number of benzene rings is 3. The number of aryl methyl sites for hydroxylation is 3. The molecule has 44 heavy (non-hydrogen) atoms. The van der Waals surface area contributed by atoms with Gasteiger partial charge in [0.05, 0.1) is 30.1 Å². The minimum absolute atomic E-state index is 0.0232. The van der Waals surface area contributed by atoms with Crippen molar-refractivity contribution in [3.8, 4) is 11.1 Å². The molecule has 3 aromatic rings. The summed E-state index contributed by atoms with van der Waals surface area (Å²) in [4.78, 5) is 39.5. The summed E-state index contributed by atoms with van der Waals surface area (Å²) in [5.41, 5.74) is 3.79. The average Bonchev–Trinajstić information content (AvgIpc) is 2.93. The highest BCUT2D eigenvalue weighted by molar-refractivity contribution is 6.08. The predicted molar refractivity (Wildman–Crippen MR) is 168 cm³/mol. The summed E-state index contributed by atoms with van der Waals surface area (Å²) in [6.45, 7) is 13.0. The molecule has 2 atom stereocenters. The van der Waals surface area contributed by atoms with Crippen LogP contribution in [0.1, 0.15) is 68.1 Å². The number of esters is 1. The van der Waals surface area contributed by atoms with Gasteiger partial charge in [-0.2, -0.15) is 0 Å². The molecule has 3 aromatic carbocycles. The number of ether oxygens (including phenoxy) is 2. The Balaban J connectivity index is 1.99. The third kappa shape index (κ3) is 8.86. The second-order valence-electron chi connectivity index (χ2n) is 11.7. The number of amides is 3. The predicted octanol–water partition coefficient (Wildman–Crippen LogP) is 7.32. The third-order valence-electron chi connectivity index (χ3n) is 6.89. The van der Waals surface area contributed by atoms with Gasteiger partial charge in [0.25, 0.3) is 5.91 Å². The van der Waals surface area contributed by atoms with Crippen molar-refractivity contribution in [1.29, 1.82) is 0 Å². The summed E-state index contributed by atoms with van der Waals surface area (Å²) in [6, 6.07) is 10.1. The van der Waals surface area contributed by atoms with Crippen molar-refractivity contribution in [2.45, 2.75) is 79.1 Å². The van der Waals surface area contributed by atoms with Crippen LogP contribution in [0.25, 0.3) is 11.1 Å².